The van der Waals surface area contributed by atoms with Crippen LogP contribution in [-0.2, 0) is 17.6 Å². The average Bonchev–Trinajstić information content (AvgIpc) is 3.06. The number of hydrogen-bond donors (Lipinski definition) is 3. The van der Waals surface area contributed by atoms with Crippen molar-refractivity contribution < 1.29 is 14.5 Å². The maximum Gasteiger partial charge on any atom is 0.282 e. The van der Waals surface area contributed by atoms with Gasteiger partial charge in [-0.3, -0.25) is 9.59 Å². The Balaban J connectivity index is 1.71. The Hall–Kier alpha value is -1.40. The van der Waals surface area contributed by atoms with Crippen LogP contribution < -0.4 is 16.0 Å². The molecule has 1 saturated heterocycles. The van der Waals surface area contributed by atoms with Crippen molar-refractivity contribution >= 4 is 28.2 Å². The number of carbonyl (C=O) groups is 2. The van der Waals surface area contributed by atoms with Crippen LogP contribution in [0.15, 0.2) is 0 Å². The Morgan fingerprint density at radius 3 is 2.42 bits per heavy atom. The highest BCUT2D eigenvalue weighted by Crippen LogP contribution is 2.38. The molecule has 3 rings (SSSR count). The van der Waals surface area contributed by atoms with E-state index in [1.54, 1.807) is 0 Å². The summed E-state index contributed by atoms with van der Waals surface area (Å²) in [6.45, 7) is 4.11. The molecule has 132 valence electrons. The summed E-state index contributed by atoms with van der Waals surface area (Å²) in [6, 6.07) is -0.0965. The molecule has 2 amide bonds. The molecule has 2 heterocycles. The monoisotopic (exact) mass is 350 g/mol. The SMILES string of the molecule is C[C@@H](C(=O)Nc1sc2c(c1C(N)=O)CCC2)[NH+]1CCCCCCC1. The predicted octanol–water partition coefficient (Wildman–Crippen LogP) is 1.51. The minimum atomic E-state index is -0.420. The molecule has 1 aliphatic carbocycles. The van der Waals surface area contributed by atoms with Crippen molar-refractivity contribution in [2.45, 2.75) is 64.3 Å². The Kier molecular flexibility index (Phi) is 5.56. The molecular weight excluding hydrogens is 322 g/mol. The van der Waals surface area contributed by atoms with Crippen LogP contribution in [-0.4, -0.2) is 30.9 Å². The van der Waals surface area contributed by atoms with Crippen LogP contribution in [0.5, 0.6) is 0 Å². The first-order chi connectivity index (χ1) is 11.6. The second-order valence-electron chi connectivity index (χ2n) is 7.06. The maximum atomic E-state index is 12.7. The van der Waals surface area contributed by atoms with Crippen LogP contribution in [0, 0.1) is 0 Å². The lowest BCUT2D eigenvalue weighted by molar-refractivity contribution is -0.914. The van der Waals surface area contributed by atoms with E-state index in [1.165, 1.54) is 53.2 Å². The molecule has 24 heavy (non-hydrogen) atoms. The first kappa shape index (κ1) is 17.4. The van der Waals surface area contributed by atoms with Gasteiger partial charge in [0.25, 0.3) is 11.8 Å². The van der Waals surface area contributed by atoms with Gasteiger partial charge in [-0.1, -0.05) is 6.42 Å². The Morgan fingerprint density at radius 2 is 1.75 bits per heavy atom. The fraction of sp³-hybridized carbons (Fsp3) is 0.667. The van der Waals surface area contributed by atoms with E-state index in [-0.39, 0.29) is 11.9 Å². The van der Waals surface area contributed by atoms with Crippen LogP contribution in [0.4, 0.5) is 5.00 Å². The second kappa shape index (κ2) is 7.66. The summed E-state index contributed by atoms with van der Waals surface area (Å²) in [6.07, 6.45) is 9.18. The normalized spacial score (nSPS) is 20.0. The summed E-state index contributed by atoms with van der Waals surface area (Å²) >= 11 is 1.53. The molecule has 5 nitrogen and oxygen atoms in total. The number of rotatable bonds is 4. The lowest BCUT2D eigenvalue weighted by Gasteiger charge is -2.26. The summed E-state index contributed by atoms with van der Waals surface area (Å²) < 4.78 is 0. The van der Waals surface area contributed by atoms with Gasteiger partial charge in [0.1, 0.15) is 5.00 Å². The van der Waals surface area contributed by atoms with Crippen LogP contribution in [0.1, 0.15) is 66.2 Å². The first-order valence-electron chi connectivity index (χ1n) is 9.17. The van der Waals surface area contributed by atoms with Gasteiger partial charge in [-0.15, -0.1) is 11.3 Å². The van der Waals surface area contributed by atoms with E-state index in [2.05, 4.69) is 5.32 Å². The fourth-order valence-corrected chi connectivity index (χ4v) is 5.25. The minimum absolute atomic E-state index is 0.00740. The second-order valence-corrected chi connectivity index (χ2v) is 8.17. The van der Waals surface area contributed by atoms with Crippen molar-refractivity contribution in [1.29, 1.82) is 0 Å². The average molecular weight is 351 g/mol. The lowest BCUT2D eigenvalue weighted by atomic mass is 10.1. The molecule has 0 radical (unpaired) electrons. The van der Waals surface area contributed by atoms with Crippen molar-refractivity contribution in [2.24, 2.45) is 5.73 Å². The number of aryl methyl sites for hydroxylation is 1. The van der Waals surface area contributed by atoms with E-state index in [1.807, 2.05) is 6.92 Å². The first-order valence-corrected chi connectivity index (χ1v) is 9.99. The molecule has 1 atom stereocenters. The number of carbonyl (C=O) groups excluding carboxylic acids is 2. The highest BCUT2D eigenvalue weighted by atomic mass is 32.1. The van der Waals surface area contributed by atoms with Crippen molar-refractivity contribution in [1.82, 2.24) is 0 Å². The topological polar surface area (TPSA) is 76.6 Å². The molecule has 0 unspecified atom stereocenters. The van der Waals surface area contributed by atoms with Crippen LogP contribution in [0.25, 0.3) is 0 Å². The summed E-state index contributed by atoms with van der Waals surface area (Å²) in [5.41, 5.74) is 7.19. The smallest absolute Gasteiger partial charge is 0.282 e. The van der Waals surface area contributed by atoms with Crippen molar-refractivity contribution in [3.8, 4) is 0 Å². The van der Waals surface area contributed by atoms with E-state index >= 15 is 0 Å². The molecule has 1 aromatic heterocycles. The molecule has 1 fully saturated rings. The molecule has 1 aliphatic heterocycles. The molecule has 0 saturated carbocycles. The van der Waals surface area contributed by atoms with Crippen LogP contribution in [0.2, 0.25) is 0 Å². The van der Waals surface area contributed by atoms with Crippen molar-refractivity contribution in [3.05, 3.63) is 16.0 Å². The molecule has 6 heteroatoms. The quantitative estimate of drug-likeness (QED) is 0.770. The number of hydrogen-bond acceptors (Lipinski definition) is 3. The highest BCUT2D eigenvalue weighted by molar-refractivity contribution is 7.17. The third-order valence-corrected chi connectivity index (χ3v) is 6.61. The lowest BCUT2D eigenvalue weighted by Crippen LogP contribution is -3.16. The number of nitrogens with two attached hydrogens (primary N) is 1. The predicted molar refractivity (Wildman–Crippen MR) is 96.7 cm³/mol. The van der Waals surface area contributed by atoms with Gasteiger partial charge in [0.2, 0.25) is 0 Å². The van der Waals surface area contributed by atoms with Crippen LogP contribution >= 0.6 is 11.3 Å². The van der Waals surface area contributed by atoms with E-state index in [4.69, 9.17) is 5.73 Å². The number of primary amides is 1. The molecular formula is C18H28N3O2S+. The summed E-state index contributed by atoms with van der Waals surface area (Å²) in [5.74, 6) is -0.413. The highest BCUT2D eigenvalue weighted by Gasteiger charge is 2.30. The number of thiophene rings is 1. The molecule has 0 aromatic carbocycles. The van der Waals surface area contributed by atoms with Gasteiger partial charge >= 0.3 is 0 Å². The Labute approximate surface area is 147 Å². The summed E-state index contributed by atoms with van der Waals surface area (Å²) in [4.78, 5) is 27.2. The van der Waals surface area contributed by atoms with E-state index < -0.39 is 5.91 Å². The molecule has 2 aliphatic rings. The third-order valence-electron chi connectivity index (χ3n) is 5.41. The van der Waals surface area contributed by atoms with E-state index in [0.29, 0.717) is 10.6 Å². The van der Waals surface area contributed by atoms with Gasteiger partial charge in [-0.05, 0) is 57.4 Å². The van der Waals surface area contributed by atoms with Gasteiger partial charge in [0.15, 0.2) is 6.04 Å². The summed E-state index contributed by atoms with van der Waals surface area (Å²) in [7, 11) is 0. The number of anilines is 1. The number of quaternary nitrogens is 1. The van der Waals surface area contributed by atoms with Gasteiger partial charge in [0.05, 0.1) is 18.7 Å². The van der Waals surface area contributed by atoms with Gasteiger partial charge in [0, 0.05) is 4.88 Å². The molecule has 0 spiro atoms. The number of amides is 2. The fourth-order valence-electron chi connectivity index (χ4n) is 3.95. The van der Waals surface area contributed by atoms with Gasteiger partial charge in [-0.25, -0.2) is 0 Å². The third kappa shape index (κ3) is 3.64. The Morgan fingerprint density at radius 1 is 1.08 bits per heavy atom. The maximum absolute atomic E-state index is 12.7. The number of fused-ring (bicyclic) bond motifs is 1. The largest absolute Gasteiger partial charge is 0.365 e. The minimum Gasteiger partial charge on any atom is -0.365 e. The van der Waals surface area contributed by atoms with E-state index in [9.17, 15) is 9.59 Å². The summed E-state index contributed by atoms with van der Waals surface area (Å²) in [5, 5.41) is 3.67. The zero-order valence-corrected chi connectivity index (χ0v) is 15.3. The van der Waals surface area contributed by atoms with Gasteiger partial charge < -0.3 is 16.0 Å². The molecule has 0 bridgehead atoms. The zero-order chi connectivity index (χ0) is 17.1. The van der Waals surface area contributed by atoms with Crippen LogP contribution in [0.3, 0.4) is 0 Å². The van der Waals surface area contributed by atoms with Crippen molar-refractivity contribution in [3.63, 3.8) is 0 Å². The Bertz CT molecular complexity index is 618. The van der Waals surface area contributed by atoms with E-state index in [0.717, 1.165) is 37.9 Å². The van der Waals surface area contributed by atoms with Gasteiger partial charge in [-0.2, -0.15) is 0 Å². The zero-order valence-electron chi connectivity index (χ0n) is 14.5. The van der Waals surface area contributed by atoms with Crippen molar-refractivity contribution in [2.75, 3.05) is 18.4 Å². The number of likely N-dealkylation sites (tertiary alicyclic amines) is 1. The number of nitrogens with one attached hydrogen (secondary N) is 2. The standard InChI is InChI=1S/C18H27N3O2S/c1-12(21-10-5-3-2-4-6-11-21)17(23)20-18-15(16(19)22)13-8-7-9-14(13)24-18/h12H,2-11H2,1H3,(H2,19,22)(H,20,23)/p+1/t12-/m0/s1. The molecule has 1 aromatic rings. The molecule has 4 N–H and O–H groups in total.